The molecule has 4 nitrogen and oxygen atoms in total. The van der Waals surface area contributed by atoms with E-state index >= 15 is 0 Å². The Hall–Kier alpha value is -2.62. The predicted molar refractivity (Wildman–Crippen MR) is 93.0 cm³/mol. The number of benzene rings is 1. The summed E-state index contributed by atoms with van der Waals surface area (Å²) in [6.45, 7) is 2.67. The van der Waals surface area contributed by atoms with Gasteiger partial charge >= 0.3 is 0 Å². The number of anilines is 1. The summed E-state index contributed by atoms with van der Waals surface area (Å²) < 4.78 is 0. The van der Waals surface area contributed by atoms with Crippen LogP contribution in [0.1, 0.15) is 24.0 Å². The molecule has 0 aliphatic carbocycles. The zero-order valence-corrected chi connectivity index (χ0v) is 13.1. The highest BCUT2D eigenvalue weighted by molar-refractivity contribution is 5.91. The number of rotatable bonds is 5. The molecule has 1 aromatic carbocycles. The van der Waals surface area contributed by atoms with Crippen molar-refractivity contribution in [3.05, 3.63) is 65.9 Å². The fourth-order valence-corrected chi connectivity index (χ4v) is 2.64. The van der Waals surface area contributed by atoms with Gasteiger partial charge in [0.05, 0.1) is 0 Å². The minimum atomic E-state index is -0.0996. The number of nitrogens with zero attached hydrogens (tertiary/aromatic N) is 2. The first kappa shape index (κ1) is 15.3. The molecule has 0 atom stereocenters. The lowest BCUT2D eigenvalue weighted by Gasteiger charge is -2.16. The molecule has 1 amide bonds. The summed E-state index contributed by atoms with van der Waals surface area (Å²) in [5, 5.41) is 2.88. The van der Waals surface area contributed by atoms with Crippen LogP contribution in [0.2, 0.25) is 0 Å². The fourth-order valence-electron chi connectivity index (χ4n) is 2.64. The monoisotopic (exact) mass is 307 g/mol. The smallest absolute Gasteiger partial charge is 0.244 e. The molecule has 1 aromatic heterocycles. The molecular weight excluding hydrogens is 286 g/mol. The third kappa shape index (κ3) is 4.42. The van der Waals surface area contributed by atoms with Crippen molar-refractivity contribution in [2.45, 2.75) is 19.4 Å². The topological polar surface area (TPSA) is 45.2 Å². The molecule has 0 radical (unpaired) electrons. The zero-order chi connectivity index (χ0) is 15.9. The van der Waals surface area contributed by atoms with Crippen LogP contribution in [0.5, 0.6) is 0 Å². The molecular formula is C19H21N3O. The summed E-state index contributed by atoms with van der Waals surface area (Å²) in [5.74, 6) is 0.930. The van der Waals surface area contributed by atoms with Gasteiger partial charge in [-0.3, -0.25) is 4.79 Å². The third-order valence-electron chi connectivity index (χ3n) is 3.93. The summed E-state index contributed by atoms with van der Waals surface area (Å²) in [4.78, 5) is 18.6. The highest BCUT2D eigenvalue weighted by atomic mass is 16.1. The van der Waals surface area contributed by atoms with E-state index in [4.69, 9.17) is 0 Å². The molecule has 118 valence electrons. The van der Waals surface area contributed by atoms with Crippen LogP contribution in [0.3, 0.4) is 0 Å². The largest absolute Gasteiger partial charge is 0.357 e. The maximum absolute atomic E-state index is 11.8. The first-order valence-corrected chi connectivity index (χ1v) is 8.02. The molecule has 1 saturated heterocycles. The quantitative estimate of drug-likeness (QED) is 0.864. The average Bonchev–Trinajstić information content (AvgIpc) is 3.14. The zero-order valence-electron chi connectivity index (χ0n) is 13.1. The summed E-state index contributed by atoms with van der Waals surface area (Å²) in [7, 11) is 0. The van der Waals surface area contributed by atoms with Gasteiger partial charge in [-0.1, -0.05) is 36.4 Å². The maximum atomic E-state index is 11.8. The van der Waals surface area contributed by atoms with Gasteiger partial charge in [0, 0.05) is 31.9 Å². The average molecular weight is 307 g/mol. The lowest BCUT2D eigenvalue weighted by molar-refractivity contribution is -0.116. The standard InChI is InChI=1S/C19H21N3O/c23-19(11-9-16-6-2-1-3-7-16)21-15-17-8-10-18(20-14-17)22-12-4-5-13-22/h1-3,6-11,14H,4-5,12-13,15H2,(H,21,23)/b11-9+. The number of nitrogens with one attached hydrogen (secondary N) is 1. The Bertz CT molecular complexity index is 659. The van der Waals surface area contributed by atoms with E-state index in [2.05, 4.69) is 15.2 Å². The van der Waals surface area contributed by atoms with Crippen molar-refractivity contribution >= 4 is 17.8 Å². The summed E-state index contributed by atoms with van der Waals surface area (Å²) in [5.41, 5.74) is 2.02. The number of carbonyl (C=O) groups excluding carboxylic acids is 1. The van der Waals surface area contributed by atoms with Crippen LogP contribution in [0.15, 0.2) is 54.7 Å². The first-order chi connectivity index (χ1) is 11.3. The Labute approximate surface area is 136 Å². The Kier molecular flexibility index (Phi) is 5.04. The van der Waals surface area contributed by atoms with Crippen LogP contribution in [-0.2, 0) is 11.3 Å². The second kappa shape index (κ2) is 7.58. The summed E-state index contributed by atoms with van der Waals surface area (Å²) in [6.07, 6.45) is 7.70. The highest BCUT2D eigenvalue weighted by Gasteiger charge is 2.12. The lowest BCUT2D eigenvalue weighted by Crippen LogP contribution is -2.21. The van der Waals surface area contributed by atoms with Gasteiger partial charge in [-0.15, -0.1) is 0 Å². The van der Waals surface area contributed by atoms with E-state index in [1.54, 1.807) is 6.08 Å². The number of aromatic nitrogens is 1. The van der Waals surface area contributed by atoms with Crippen LogP contribution in [0.4, 0.5) is 5.82 Å². The van der Waals surface area contributed by atoms with Crippen LogP contribution in [-0.4, -0.2) is 24.0 Å². The van der Waals surface area contributed by atoms with Gasteiger partial charge in [0.15, 0.2) is 0 Å². The fraction of sp³-hybridized carbons (Fsp3) is 0.263. The van der Waals surface area contributed by atoms with Gasteiger partial charge in [0.25, 0.3) is 0 Å². The van der Waals surface area contributed by atoms with Gasteiger partial charge in [-0.2, -0.15) is 0 Å². The number of hydrogen-bond donors (Lipinski definition) is 1. The molecule has 0 saturated carbocycles. The van der Waals surface area contributed by atoms with Crippen LogP contribution < -0.4 is 10.2 Å². The van der Waals surface area contributed by atoms with Crippen molar-refractivity contribution in [3.63, 3.8) is 0 Å². The van der Waals surface area contributed by atoms with Gasteiger partial charge in [-0.05, 0) is 36.1 Å². The number of hydrogen-bond acceptors (Lipinski definition) is 3. The predicted octanol–water partition coefficient (Wildman–Crippen LogP) is 3.01. The minimum Gasteiger partial charge on any atom is -0.357 e. The van der Waals surface area contributed by atoms with Crippen LogP contribution in [0, 0.1) is 0 Å². The Morgan fingerprint density at radius 1 is 1.13 bits per heavy atom. The van der Waals surface area contributed by atoms with E-state index in [9.17, 15) is 4.79 Å². The Balaban J connectivity index is 1.49. The molecule has 0 spiro atoms. The molecule has 1 aliphatic heterocycles. The molecule has 4 heteroatoms. The van der Waals surface area contributed by atoms with Crippen molar-refractivity contribution in [3.8, 4) is 0 Å². The van der Waals surface area contributed by atoms with Crippen LogP contribution >= 0.6 is 0 Å². The lowest BCUT2D eigenvalue weighted by atomic mass is 10.2. The molecule has 23 heavy (non-hydrogen) atoms. The maximum Gasteiger partial charge on any atom is 0.244 e. The third-order valence-corrected chi connectivity index (χ3v) is 3.93. The normalized spacial score (nSPS) is 14.3. The van der Waals surface area contributed by atoms with Crippen molar-refractivity contribution in [1.82, 2.24) is 10.3 Å². The molecule has 1 N–H and O–H groups in total. The van der Waals surface area contributed by atoms with Crippen molar-refractivity contribution in [2.75, 3.05) is 18.0 Å². The van der Waals surface area contributed by atoms with E-state index in [0.29, 0.717) is 6.54 Å². The summed E-state index contributed by atoms with van der Waals surface area (Å²) in [6, 6.07) is 13.8. The van der Waals surface area contributed by atoms with Gasteiger partial charge in [0.1, 0.15) is 5.82 Å². The van der Waals surface area contributed by atoms with Crippen molar-refractivity contribution < 1.29 is 4.79 Å². The number of amides is 1. The molecule has 1 fully saturated rings. The van der Waals surface area contributed by atoms with E-state index in [1.165, 1.54) is 12.8 Å². The van der Waals surface area contributed by atoms with E-state index in [0.717, 1.165) is 30.0 Å². The Morgan fingerprint density at radius 3 is 2.61 bits per heavy atom. The second-order valence-corrected chi connectivity index (χ2v) is 5.68. The van der Waals surface area contributed by atoms with Crippen LogP contribution in [0.25, 0.3) is 6.08 Å². The van der Waals surface area contributed by atoms with Gasteiger partial charge in [0.2, 0.25) is 5.91 Å². The molecule has 2 heterocycles. The molecule has 2 aromatic rings. The van der Waals surface area contributed by atoms with E-state index < -0.39 is 0 Å². The van der Waals surface area contributed by atoms with E-state index in [-0.39, 0.29) is 5.91 Å². The number of carbonyl (C=O) groups is 1. The minimum absolute atomic E-state index is 0.0996. The summed E-state index contributed by atoms with van der Waals surface area (Å²) >= 11 is 0. The molecule has 1 aliphatic rings. The second-order valence-electron chi connectivity index (χ2n) is 5.68. The van der Waals surface area contributed by atoms with Gasteiger partial charge < -0.3 is 10.2 Å². The Morgan fingerprint density at radius 2 is 1.91 bits per heavy atom. The van der Waals surface area contributed by atoms with Crippen molar-refractivity contribution in [2.24, 2.45) is 0 Å². The van der Waals surface area contributed by atoms with Gasteiger partial charge in [-0.25, -0.2) is 4.98 Å². The molecule has 3 rings (SSSR count). The first-order valence-electron chi connectivity index (χ1n) is 8.02. The SMILES string of the molecule is O=C(/C=C/c1ccccc1)NCc1ccc(N2CCCC2)nc1. The molecule has 0 unspecified atom stereocenters. The number of pyridine rings is 1. The van der Waals surface area contributed by atoms with E-state index in [1.807, 2.05) is 54.7 Å². The molecule has 0 bridgehead atoms. The highest BCUT2D eigenvalue weighted by Crippen LogP contribution is 2.17. The van der Waals surface area contributed by atoms with Crippen molar-refractivity contribution in [1.29, 1.82) is 0 Å².